The number of carbonyl (C=O) groups is 1. The minimum absolute atomic E-state index is 0.0479. The Hall–Kier alpha value is -1.12. The number of nitrogens with zero attached hydrogens (tertiary/aromatic N) is 2. The van der Waals surface area contributed by atoms with Crippen LogP contribution in [0.2, 0.25) is 0 Å². The molecule has 1 unspecified atom stereocenters. The van der Waals surface area contributed by atoms with Crippen molar-refractivity contribution in [1.29, 1.82) is 5.26 Å². The minimum atomic E-state index is -0.368. The summed E-state index contributed by atoms with van der Waals surface area (Å²) in [5, 5.41) is 11.7. The van der Waals surface area contributed by atoms with Crippen LogP contribution >= 0.6 is 0 Å². The third-order valence-electron chi connectivity index (χ3n) is 3.31. The van der Waals surface area contributed by atoms with E-state index in [0.717, 1.165) is 6.42 Å². The van der Waals surface area contributed by atoms with Gasteiger partial charge in [0.25, 0.3) is 0 Å². The van der Waals surface area contributed by atoms with Crippen LogP contribution in [0.3, 0.4) is 0 Å². The van der Waals surface area contributed by atoms with Crippen LogP contribution in [-0.4, -0.2) is 49.2 Å². The van der Waals surface area contributed by atoms with Gasteiger partial charge in [-0.1, -0.05) is 0 Å². The zero-order chi connectivity index (χ0) is 12.9. The molecular formula is C12H21N3O2. The van der Waals surface area contributed by atoms with Gasteiger partial charge in [0.05, 0.1) is 19.1 Å². The summed E-state index contributed by atoms with van der Waals surface area (Å²) in [6.45, 7) is 6.11. The summed E-state index contributed by atoms with van der Waals surface area (Å²) < 4.78 is 5.08. The molecule has 0 radical (unpaired) electrons. The number of nitriles is 1. The topological polar surface area (TPSA) is 65.4 Å². The molecule has 5 nitrogen and oxygen atoms in total. The molecule has 17 heavy (non-hydrogen) atoms. The number of carbonyl (C=O) groups excluding carboxylic acids is 1. The van der Waals surface area contributed by atoms with E-state index in [1.807, 2.05) is 0 Å². The maximum Gasteiger partial charge on any atom is 0.238 e. The van der Waals surface area contributed by atoms with Crippen molar-refractivity contribution in [3.05, 3.63) is 0 Å². The molecule has 0 saturated carbocycles. The molecule has 1 N–H and O–H groups in total. The number of ether oxygens (including phenoxy) is 1. The minimum Gasteiger partial charge on any atom is -0.383 e. The summed E-state index contributed by atoms with van der Waals surface area (Å²) in [5.41, 5.74) is -0.0980. The second kappa shape index (κ2) is 5.99. The summed E-state index contributed by atoms with van der Waals surface area (Å²) >= 11 is 0. The van der Waals surface area contributed by atoms with Crippen LogP contribution in [0.1, 0.15) is 26.7 Å². The zero-order valence-corrected chi connectivity index (χ0v) is 10.8. The Morgan fingerprint density at radius 1 is 1.65 bits per heavy atom. The summed E-state index contributed by atoms with van der Waals surface area (Å²) in [4.78, 5) is 14.0. The Morgan fingerprint density at radius 3 is 2.94 bits per heavy atom. The van der Waals surface area contributed by atoms with Gasteiger partial charge in [0, 0.05) is 25.7 Å². The zero-order valence-electron chi connectivity index (χ0n) is 10.8. The van der Waals surface area contributed by atoms with E-state index < -0.39 is 0 Å². The standard InChI is InChI=1S/C12H21N3O2/c1-12(2)5-7-14-11(16)10(4-6-13)15(12)8-9-17-3/h10H,4-5,7-9H2,1-3H3,(H,14,16). The monoisotopic (exact) mass is 239 g/mol. The molecule has 0 aliphatic carbocycles. The molecule has 96 valence electrons. The van der Waals surface area contributed by atoms with Crippen molar-refractivity contribution in [3.63, 3.8) is 0 Å². The first kappa shape index (κ1) is 13.9. The molecule has 0 spiro atoms. The number of methoxy groups -OCH3 is 1. The van der Waals surface area contributed by atoms with E-state index in [1.165, 1.54) is 0 Å². The Bertz CT molecular complexity index is 309. The molecule has 1 saturated heterocycles. The van der Waals surface area contributed by atoms with Gasteiger partial charge in [-0.15, -0.1) is 0 Å². The smallest absolute Gasteiger partial charge is 0.238 e. The molecule has 0 bridgehead atoms. The van der Waals surface area contributed by atoms with E-state index in [4.69, 9.17) is 10.00 Å². The Kier molecular flexibility index (Phi) is 4.91. The van der Waals surface area contributed by atoms with Gasteiger partial charge in [0.1, 0.15) is 6.04 Å². The van der Waals surface area contributed by atoms with E-state index in [9.17, 15) is 4.79 Å². The van der Waals surface area contributed by atoms with Crippen LogP contribution < -0.4 is 5.32 Å². The molecule has 1 amide bonds. The van der Waals surface area contributed by atoms with Gasteiger partial charge in [0.15, 0.2) is 0 Å². The highest BCUT2D eigenvalue weighted by molar-refractivity contribution is 5.82. The number of hydrogen-bond acceptors (Lipinski definition) is 4. The summed E-state index contributed by atoms with van der Waals surface area (Å²) in [6, 6.07) is 1.73. The molecule has 1 heterocycles. The van der Waals surface area contributed by atoms with E-state index in [2.05, 4.69) is 30.1 Å². The van der Waals surface area contributed by atoms with Crippen LogP contribution in [0.25, 0.3) is 0 Å². The normalized spacial score (nSPS) is 24.8. The van der Waals surface area contributed by atoms with Crippen LogP contribution in [-0.2, 0) is 9.53 Å². The molecule has 1 aliphatic rings. The third-order valence-corrected chi connectivity index (χ3v) is 3.31. The highest BCUT2D eigenvalue weighted by atomic mass is 16.5. The van der Waals surface area contributed by atoms with E-state index in [1.54, 1.807) is 7.11 Å². The highest BCUT2D eigenvalue weighted by Crippen LogP contribution is 2.24. The molecule has 1 aliphatic heterocycles. The maximum absolute atomic E-state index is 11.9. The fourth-order valence-electron chi connectivity index (χ4n) is 2.25. The molecule has 1 atom stereocenters. The first-order valence-corrected chi connectivity index (χ1v) is 5.93. The lowest BCUT2D eigenvalue weighted by Crippen LogP contribution is -2.53. The Balaban J connectivity index is 2.90. The van der Waals surface area contributed by atoms with Gasteiger partial charge in [-0.05, 0) is 20.3 Å². The van der Waals surface area contributed by atoms with Gasteiger partial charge in [-0.3, -0.25) is 9.69 Å². The second-order valence-electron chi connectivity index (χ2n) is 4.92. The molecule has 1 fully saturated rings. The fourth-order valence-corrected chi connectivity index (χ4v) is 2.25. The first-order valence-electron chi connectivity index (χ1n) is 5.93. The van der Waals surface area contributed by atoms with Gasteiger partial charge in [-0.2, -0.15) is 5.26 Å². The predicted molar refractivity (Wildman–Crippen MR) is 64.3 cm³/mol. The lowest BCUT2D eigenvalue weighted by Gasteiger charge is -2.40. The maximum atomic E-state index is 11.9. The molecule has 1 rings (SSSR count). The average molecular weight is 239 g/mol. The van der Waals surface area contributed by atoms with Crippen molar-refractivity contribution >= 4 is 5.91 Å². The second-order valence-corrected chi connectivity index (χ2v) is 4.92. The van der Waals surface area contributed by atoms with Crippen molar-refractivity contribution in [2.45, 2.75) is 38.3 Å². The van der Waals surface area contributed by atoms with Crippen molar-refractivity contribution < 1.29 is 9.53 Å². The largest absolute Gasteiger partial charge is 0.383 e. The number of amides is 1. The highest BCUT2D eigenvalue weighted by Gasteiger charge is 2.38. The predicted octanol–water partition coefficient (Wildman–Crippen LogP) is 0.516. The average Bonchev–Trinajstić information content (AvgIpc) is 2.36. The van der Waals surface area contributed by atoms with Crippen LogP contribution in [0.15, 0.2) is 0 Å². The number of nitrogens with one attached hydrogen (secondary N) is 1. The third kappa shape index (κ3) is 3.42. The molecule has 0 aromatic carbocycles. The van der Waals surface area contributed by atoms with E-state index in [-0.39, 0.29) is 23.9 Å². The van der Waals surface area contributed by atoms with Crippen molar-refractivity contribution in [3.8, 4) is 6.07 Å². The van der Waals surface area contributed by atoms with E-state index >= 15 is 0 Å². The molecule has 0 aromatic heterocycles. The Morgan fingerprint density at radius 2 is 2.35 bits per heavy atom. The van der Waals surface area contributed by atoms with Gasteiger partial charge in [0.2, 0.25) is 5.91 Å². The Labute approximate surface area is 103 Å². The van der Waals surface area contributed by atoms with Crippen molar-refractivity contribution in [2.24, 2.45) is 0 Å². The van der Waals surface area contributed by atoms with Crippen molar-refractivity contribution in [2.75, 3.05) is 26.8 Å². The first-order chi connectivity index (χ1) is 8.03. The molecule has 0 aromatic rings. The number of rotatable bonds is 4. The van der Waals surface area contributed by atoms with Gasteiger partial charge in [-0.25, -0.2) is 0 Å². The fraction of sp³-hybridized carbons (Fsp3) is 0.833. The van der Waals surface area contributed by atoms with Crippen LogP contribution in [0, 0.1) is 11.3 Å². The lowest BCUT2D eigenvalue weighted by molar-refractivity contribution is -0.127. The van der Waals surface area contributed by atoms with Crippen LogP contribution in [0.4, 0.5) is 0 Å². The van der Waals surface area contributed by atoms with Gasteiger partial charge < -0.3 is 10.1 Å². The lowest BCUT2D eigenvalue weighted by atomic mass is 9.96. The number of hydrogen-bond donors (Lipinski definition) is 1. The van der Waals surface area contributed by atoms with Crippen molar-refractivity contribution in [1.82, 2.24) is 10.2 Å². The van der Waals surface area contributed by atoms with E-state index in [0.29, 0.717) is 19.7 Å². The quantitative estimate of drug-likeness (QED) is 0.776. The summed E-state index contributed by atoms with van der Waals surface area (Å²) in [7, 11) is 1.64. The summed E-state index contributed by atoms with van der Waals surface area (Å²) in [6.07, 6.45) is 1.10. The molecule has 5 heteroatoms. The molecular weight excluding hydrogens is 218 g/mol. The van der Waals surface area contributed by atoms with Crippen LogP contribution in [0.5, 0.6) is 0 Å². The SMILES string of the molecule is COCCN1C(CC#N)C(=O)NCCC1(C)C. The summed E-state index contributed by atoms with van der Waals surface area (Å²) in [5.74, 6) is -0.0479. The van der Waals surface area contributed by atoms with Gasteiger partial charge >= 0.3 is 0 Å².